The van der Waals surface area contributed by atoms with Gasteiger partial charge in [0.05, 0.1) is 30.9 Å². The number of carbonyl (C=O) groups excluding carboxylic acids is 1. The Morgan fingerprint density at radius 1 is 1.36 bits per heavy atom. The van der Waals surface area contributed by atoms with Gasteiger partial charge in [0.1, 0.15) is 11.5 Å². The van der Waals surface area contributed by atoms with Crippen LogP contribution in [0.3, 0.4) is 0 Å². The minimum Gasteiger partial charge on any atom is -0.497 e. The third-order valence-corrected chi connectivity index (χ3v) is 6.51. The lowest BCUT2D eigenvalue weighted by Gasteiger charge is -2.19. The minimum atomic E-state index is -0.0758. The Morgan fingerprint density at radius 2 is 2.09 bits per heavy atom. The van der Waals surface area contributed by atoms with Gasteiger partial charge in [-0.15, -0.1) is 23.5 Å². The van der Waals surface area contributed by atoms with E-state index in [1.165, 1.54) is 0 Å². The molecule has 0 spiro atoms. The zero-order chi connectivity index (χ0) is 16.0. The number of carbonyl (C=O) groups is 1. The molecule has 0 radical (unpaired) electrons. The molecule has 0 atom stereocenters. The minimum absolute atomic E-state index is 0.0304. The van der Waals surface area contributed by atoms with Crippen LogP contribution in [0.15, 0.2) is 23.3 Å². The summed E-state index contributed by atoms with van der Waals surface area (Å²) < 4.78 is 10.4. The van der Waals surface area contributed by atoms with E-state index in [0.717, 1.165) is 17.1 Å². The Morgan fingerprint density at radius 3 is 2.73 bits per heavy atom. The molecule has 0 bridgehead atoms. The van der Waals surface area contributed by atoms with E-state index in [2.05, 4.69) is 17.5 Å². The molecule has 1 aliphatic rings. The van der Waals surface area contributed by atoms with Crippen LogP contribution in [-0.4, -0.2) is 41.9 Å². The molecule has 120 valence electrons. The largest absolute Gasteiger partial charge is 0.497 e. The number of thioether (sulfide) groups is 2. The van der Waals surface area contributed by atoms with Crippen molar-refractivity contribution in [3.05, 3.63) is 23.8 Å². The lowest BCUT2D eigenvalue weighted by Crippen LogP contribution is -2.26. The van der Waals surface area contributed by atoms with Crippen molar-refractivity contribution >= 4 is 35.6 Å². The maximum absolute atomic E-state index is 11.9. The van der Waals surface area contributed by atoms with E-state index in [1.54, 1.807) is 26.5 Å². The lowest BCUT2D eigenvalue weighted by atomic mass is 10.2. The van der Waals surface area contributed by atoms with Gasteiger partial charge < -0.3 is 9.47 Å². The standard InChI is InChI=1S/C15H20N2O3S2/c1-15(21-6-7-22-15)9-14(18)17-16-10-11-4-5-12(19-2)8-13(11)20-3/h4-5,8,10H,6-7,9H2,1-3H3,(H,17,18). The normalized spacial score (nSPS) is 16.7. The number of amides is 1. The van der Waals surface area contributed by atoms with E-state index in [1.807, 2.05) is 35.7 Å². The molecule has 22 heavy (non-hydrogen) atoms. The van der Waals surface area contributed by atoms with E-state index in [4.69, 9.17) is 9.47 Å². The van der Waals surface area contributed by atoms with Crippen LogP contribution in [0.2, 0.25) is 0 Å². The van der Waals surface area contributed by atoms with Gasteiger partial charge in [-0.25, -0.2) is 5.43 Å². The van der Waals surface area contributed by atoms with Crippen LogP contribution in [0, 0.1) is 0 Å². The molecule has 0 aliphatic carbocycles. The first kappa shape index (κ1) is 17.0. The summed E-state index contributed by atoms with van der Waals surface area (Å²) in [7, 11) is 3.18. The van der Waals surface area contributed by atoms with Gasteiger partial charge in [-0.2, -0.15) is 5.10 Å². The van der Waals surface area contributed by atoms with Gasteiger partial charge in [-0.3, -0.25) is 4.79 Å². The summed E-state index contributed by atoms with van der Waals surface area (Å²) in [5.74, 6) is 3.47. The number of rotatable bonds is 6. The van der Waals surface area contributed by atoms with Gasteiger partial charge in [0.2, 0.25) is 5.91 Å². The summed E-state index contributed by atoms with van der Waals surface area (Å²) in [5.41, 5.74) is 3.36. The second-order valence-electron chi connectivity index (χ2n) is 4.91. The van der Waals surface area contributed by atoms with Gasteiger partial charge in [0, 0.05) is 23.1 Å². The van der Waals surface area contributed by atoms with E-state index in [9.17, 15) is 4.79 Å². The zero-order valence-electron chi connectivity index (χ0n) is 12.9. The van der Waals surface area contributed by atoms with Gasteiger partial charge in [-0.1, -0.05) is 0 Å². The molecule has 2 rings (SSSR count). The van der Waals surface area contributed by atoms with Gasteiger partial charge in [0.15, 0.2) is 0 Å². The fraction of sp³-hybridized carbons (Fsp3) is 0.467. The van der Waals surface area contributed by atoms with Crippen LogP contribution in [0.1, 0.15) is 18.9 Å². The van der Waals surface area contributed by atoms with Crippen molar-refractivity contribution in [1.29, 1.82) is 0 Å². The second-order valence-corrected chi connectivity index (χ2v) is 8.36. The number of benzene rings is 1. The number of nitrogens with one attached hydrogen (secondary N) is 1. The number of ether oxygens (including phenoxy) is 2. The highest BCUT2D eigenvalue weighted by Gasteiger charge is 2.32. The summed E-state index contributed by atoms with van der Waals surface area (Å²) in [6.07, 6.45) is 2.03. The van der Waals surface area contributed by atoms with E-state index < -0.39 is 0 Å². The number of hydrogen-bond acceptors (Lipinski definition) is 6. The molecule has 1 heterocycles. The highest BCUT2D eigenvalue weighted by molar-refractivity contribution is 8.21. The van der Waals surface area contributed by atoms with Crippen molar-refractivity contribution in [2.75, 3.05) is 25.7 Å². The van der Waals surface area contributed by atoms with Crippen LogP contribution >= 0.6 is 23.5 Å². The smallest absolute Gasteiger partial charge is 0.242 e. The average Bonchev–Trinajstić information content (AvgIpc) is 2.93. The van der Waals surface area contributed by atoms with Gasteiger partial charge in [-0.05, 0) is 19.1 Å². The van der Waals surface area contributed by atoms with Crippen molar-refractivity contribution in [1.82, 2.24) is 5.43 Å². The molecule has 7 heteroatoms. The molecule has 1 N–H and O–H groups in total. The predicted octanol–water partition coefficient (Wildman–Crippen LogP) is 2.74. The van der Waals surface area contributed by atoms with Crippen LogP contribution in [0.5, 0.6) is 11.5 Å². The Hall–Kier alpha value is -1.34. The topological polar surface area (TPSA) is 59.9 Å². The summed E-state index contributed by atoms with van der Waals surface area (Å²) >= 11 is 3.66. The maximum Gasteiger partial charge on any atom is 0.242 e. The Labute approximate surface area is 139 Å². The monoisotopic (exact) mass is 340 g/mol. The van der Waals surface area contributed by atoms with Crippen molar-refractivity contribution in [2.24, 2.45) is 5.10 Å². The van der Waals surface area contributed by atoms with E-state index in [-0.39, 0.29) is 9.99 Å². The summed E-state index contributed by atoms with van der Waals surface area (Å²) in [5, 5.41) is 4.01. The second kappa shape index (κ2) is 7.78. The molecule has 1 saturated heterocycles. The molecule has 1 aliphatic heterocycles. The Balaban J connectivity index is 1.93. The SMILES string of the molecule is COc1ccc(C=NNC(=O)CC2(C)SCCS2)c(OC)c1. The zero-order valence-corrected chi connectivity index (χ0v) is 14.6. The summed E-state index contributed by atoms with van der Waals surface area (Å²) in [4.78, 5) is 11.9. The van der Waals surface area contributed by atoms with Crippen molar-refractivity contribution in [2.45, 2.75) is 17.4 Å². The lowest BCUT2D eigenvalue weighted by molar-refractivity contribution is -0.121. The molecule has 1 fully saturated rings. The van der Waals surface area contributed by atoms with Crippen LogP contribution < -0.4 is 14.9 Å². The molecule has 1 aromatic rings. The Kier molecular flexibility index (Phi) is 6.02. The highest BCUT2D eigenvalue weighted by Crippen LogP contribution is 2.45. The third-order valence-electron chi connectivity index (χ3n) is 3.21. The first-order valence-electron chi connectivity index (χ1n) is 6.88. The summed E-state index contributed by atoms with van der Waals surface area (Å²) in [6.45, 7) is 2.10. The average molecular weight is 340 g/mol. The molecule has 0 saturated carbocycles. The number of hydrogen-bond donors (Lipinski definition) is 1. The van der Waals surface area contributed by atoms with Gasteiger partial charge in [0.25, 0.3) is 0 Å². The highest BCUT2D eigenvalue weighted by atomic mass is 32.2. The van der Waals surface area contributed by atoms with Gasteiger partial charge >= 0.3 is 0 Å². The van der Waals surface area contributed by atoms with E-state index >= 15 is 0 Å². The van der Waals surface area contributed by atoms with Crippen LogP contribution in [-0.2, 0) is 4.79 Å². The molecule has 0 unspecified atom stereocenters. The molecule has 1 amide bonds. The van der Waals surface area contributed by atoms with E-state index in [0.29, 0.717) is 17.9 Å². The Bertz CT molecular complexity index is 558. The number of methoxy groups -OCH3 is 2. The van der Waals surface area contributed by atoms with Crippen molar-refractivity contribution < 1.29 is 14.3 Å². The number of nitrogens with zero attached hydrogens (tertiary/aromatic N) is 1. The predicted molar refractivity (Wildman–Crippen MR) is 93.2 cm³/mol. The van der Waals surface area contributed by atoms with Crippen LogP contribution in [0.25, 0.3) is 0 Å². The van der Waals surface area contributed by atoms with Crippen molar-refractivity contribution in [3.63, 3.8) is 0 Å². The number of hydrazone groups is 1. The molecule has 0 aromatic heterocycles. The van der Waals surface area contributed by atoms with Crippen molar-refractivity contribution in [3.8, 4) is 11.5 Å². The summed E-state index contributed by atoms with van der Waals surface area (Å²) in [6, 6.07) is 5.42. The first-order chi connectivity index (χ1) is 10.6. The molecular weight excluding hydrogens is 320 g/mol. The first-order valence-corrected chi connectivity index (χ1v) is 8.85. The van der Waals surface area contributed by atoms with Crippen LogP contribution in [0.4, 0.5) is 0 Å². The molecular formula is C15H20N2O3S2. The maximum atomic E-state index is 11.9. The molecule has 1 aromatic carbocycles. The quantitative estimate of drug-likeness (QED) is 0.637. The third kappa shape index (κ3) is 4.58. The fourth-order valence-corrected chi connectivity index (χ4v) is 4.92. The fourth-order valence-electron chi connectivity index (χ4n) is 2.09. The molecule has 5 nitrogen and oxygen atoms in total.